The third kappa shape index (κ3) is 3.58. The minimum absolute atomic E-state index is 0.0208. The molecule has 0 radical (unpaired) electrons. The van der Waals surface area contributed by atoms with Gasteiger partial charge in [0, 0.05) is 17.3 Å². The Labute approximate surface area is 120 Å². The average Bonchev–Trinajstić information content (AvgIpc) is 2.63. The van der Waals surface area contributed by atoms with Crippen LogP contribution in [0.3, 0.4) is 0 Å². The third-order valence-corrected chi connectivity index (χ3v) is 4.07. The molecule has 0 spiro atoms. The molecular formula is C16H24N2O2. The molecule has 1 aliphatic carbocycles. The second-order valence-corrected chi connectivity index (χ2v) is 5.66. The van der Waals surface area contributed by atoms with Gasteiger partial charge in [0.1, 0.15) is 0 Å². The Morgan fingerprint density at radius 1 is 1.30 bits per heavy atom. The maximum atomic E-state index is 12.4. The molecule has 0 aromatic heterocycles. The fourth-order valence-corrected chi connectivity index (χ4v) is 2.86. The van der Waals surface area contributed by atoms with Crippen molar-refractivity contribution in [2.45, 2.75) is 51.2 Å². The Morgan fingerprint density at radius 3 is 2.75 bits per heavy atom. The number of para-hydroxylation sites is 1. The first kappa shape index (κ1) is 15.0. The van der Waals surface area contributed by atoms with Gasteiger partial charge in [-0.2, -0.15) is 0 Å². The van der Waals surface area contributed by atoms with Crippen molar-refractivity contribution in [1.82, 2.24) is 0 Å². The van der Waals surface area contributed by atoms with Gasteiger partial charge in [-0.05, 0) is 25.8 Å². The van der Waals surface area contributed by atoms with E-state index in [1.54, 1.807) is 6.92 Å². The second kappa shape index (κ2) is 6.86. The molecule has 0 bridgehead atoms. The SMILES string of the molecule is CC(O)c1ccccc1NC(=O)C1CCCCCC1N. The highest BCUT2D eigenvalue weighted by atomic mass is 16.3. The fourth-order valence-electron chi connectivity index (χ4n) is 2.86. The Balaban J connectivity index is 2.11. The van der Waals surface area contributed by atoms with Gasteiger partial charge in [0.25, 0.3) is 0 Å². The number of hydrogen-bond acceptors (Lipinski definition) is 3. The molecule has 4 nitrogen and oxygen atoms in total. The van der Waals surface area contributed by atoms with Crippen molar-refractivity contribution in [2.24, 2.45) is 11.7 Å². The van der Waals surface area contributed by atoms with Crippen LogP contribution in [0, 0.1) is 5.92 Å². The van der Waals surface area contributed by atoms with Crippen molar-refractivity contribution in [3.8, 4) is 0 Å². The van der Waals surface area contributed by atoms with Crippen LogP contribution in [-0.2, 0) is 4.79 Å². The number of carbonyl (C=O) groups is 1. The van der Waals surface area contributed by atoms with Gasteiger partial charge in [0.15, 0.2) is 0 Å². The van der Waals surface area contributed by atoms with Gasteiger partial charge in [-0.15, -0.1) is 0 Å². The molecule has 1 aromatic rings. The highest BCUT2D eigenvalue weighted by Crippen LogP contribution is 2.26. The van der Waals surface area contributed by atoms with Gasteiger partial charge in [0.05, 0.1) is 12.0 Å². The second-order valence-electron chi connectivity index (χ2n) is 5.66. The van der Waals surface area contributed by atoms with Crippen LogP contribution in [0.25, 0.3) is 0 Å². The molecule has 4 heteroatoms. The smallest absolute Gasteiger partial charge is 0.229 e. The van der Waals surface area contributed by atoms with E-state index in [2.05, 4.69) is 5.32 Å². The largest absolute Gasteiger partial charge is 0.389 e. The monoisotopic (exact) mass is 276 g/mol. The standard InChI is InChI=1S/C16H24N2O2/c1-11(19)12-7-5-6-10-15(12)18-16(20)13-8-3-2-4-9-14(13)17/h5-7,10-11,13-14,19H,2-4,8-9,17H2,1H3,(H,18,20). The molecule has 1 aromatic carbocycles. The maximum Gasteiger partial charge on any atom is 0.229 e. The lowest BCUT2D eigenvalue weighted by Crippen LogP contribution is -2.38. The summed E-state index contributed by atoms with van der Waals surface area (Å²) in [5.41, 5.74) is 7.54. The zero-order valence-electron chi connectivity index (χ0n) is 12.0. The van der Waals surface area contributed by atoms with E-state index in [9.17, 15) is 9.90 Å². The zero-order chi connectivity index (χ0) is 14.5. The Kier molecular flexibility index (Phi) is 5.15. The number of carbonyl (C=O) groups excluding carboxylic acids is 1. The quantitative estimate of drug-likeness (QED) is 0.743. The highest BCUT2D eigenvalue weighted by Gasteiger charge is 2.27. The van der Waals surface area contributed by atoms with E-state index >= 15 is 0 Å². The molecule has 3 atom stereocenters. The summed E-state index contributed by atoms with van der Waals surface area (Å²) in [6.45, 7) is 1.70. The number of aliphatic hydroxyl groups is 1. The van der Waals surface area contributed by atoms with Gasteiger partial charge in [0.2, 0.25) is 5.91 Å². The number of rotatable bonds is 3. The summed E-state index contributed by atoms with van der Waals surface area (Å²) < 4.78 is 0. The predicted octanol–water partition coefficient (Wildman–Crippen LogP) is 2.59. The van der Waals surface area contributed by atoms with Gasteiger partial charge < -0.3 is 16.2 Å². The summed E-state index contributed by atoms with van der Waals surface area (Å²) in [4.78, 5) is 12.4. The molecule has 0 aliphatic heterocycles. The first-order chi connectivity index (χ1) is 9.59. The minimum Gasteiger partial charge on any atom is -0.389 e. The molecule has 110 valence electrons. The Morgan fingerprint density at radius 2 is 2.00 bits per heavy atom. The van der Waals surface area contributed by atoms with Gasteiger partial charge in [-0.1, -0.05) is 37.5 Å². The first-order valence-electron chi connectivity index (χ1n) is 7.43. The molecule has 1 amide bonds. The lowest BCUT2D eigenvalue weighted by atomic mass is 9.94. The number of nitrogens with two attached hydrogens (primary N) is 1. The van der Waals surface area contributed by atoms with Crippen LogP contribution in [0.5, 0.6) is 0 Å². The van der Waals surface area contributed by atoms with Crippen molar-refractivity contribution in [3.63, 3.8) is 0 Å². The Bertz CT molecular complexity index is 460. The fraction of sp³-hybridized carbons (Fsp3) is 0.562. The topological polar surface area (TPSA) is 75.3 Å². The van der Waals surface area contributed by atoms with Crippen LogP contribution >= 0.6 is 0 Å². The van der Waals surface area contributed by atoms with E-state index in [1.165, 1.54) is 0 Å². The van der Waals surface area contributed by atoms with Crippen LogP contribution < -0.4 is 11.1 Å². The van der Waals surface area contributed by atoms with Gasteiger partial charge in [-0.25, -0.2) is 0 Å². The summed E-state index contributed by atoms with van der Waals surface area (Å²) in [6, 6.07) is 7.30. The molecule has 1 saturated carbocycles. The summed E-state index contributed by atoms with van der Waals surface area (Å²) >= 11 is 0. The molecule has 1 fully saturated rings. The third-order valence-electron chi connectivity index (χ3n) is 4.07. The molecule has 0 heterocycles. The van der Waals surface area contributed by atoms with E-state index in [4.69, 9.17) is 5.73 Å². The lowest BCUT2D eigenvalue weighted by molar-refractivity contribution is -0.120. The van der Waals surface area contributed by atoms with Crippen molar-refractivity contribution in [1.29, 1.82) is 0 Å². The highest BCUT2D eigenvalue weighted by molar-refractivity contribution is 5.93. The van der Waals surface area contributed by atoms with Crippen molar-refractivity contribution < 1.29 is 9.90 Å². The number of benzene rings is 1. The van der Waals surface area contributed by atoms with Crippen LogP contribution in [0.4, 0.5) is 5.69 Å². The predicted molar refractivity (Wildman–Crippen MR) is 80.3 cm³/mol. The van der Waals surface area contributed by atoms with E-state index in [1.807, 2.05) is 24.3 Å². The van der Waals surface area contributed by atoms with E-state index in [-0.39, 0.29) is 17.9 Å². The molecule has 4 N–H and O–H groups in total. The number of anilines is 1. The van der Waals surface area contributed by atoms with Crippen LogP contribution in [0.1, 0.15) is 50.7 Å². The van der Waals surface area contributed by atoms with Gasteiger partial charge >= 0.3 is 0 Å². The van der Waals surface area contributed by atoms with Crippen LogP contribution in [0.2, 0.25) is 0 Å². The Hall–Kier alpha value is -1.39. The number of amides is 1. The molecule has 20 heavy (non-hydrogen) atoms. The summed E-state index contributed by atoms with van der Waals surface area (Å²) in [6.07, 6.45) is 4.48. The molecule has 1 aliphatic rings. The summed E-state index contributed by atoms with van der Waals surface area (Å²) in [7, 11) is 0. The van der Waals surface area contributed by atoms with Crippen molar-refractivity contribution >= 4 is 11.6 Å². The summed E-state index contributed by atoms with van der Waals surface area (Å²) in [5.74, 6) is -0.146. The lowest BCUT2D eigenvalue weighted by Gasteiger charge is -2.22. The zero-order valence-corrected chi connectivity index (χ0v) is 12.0. The summed E-state index contributed by atoms with van der Waals surface area (Å²) in [5, 5.41) is 12.7. The van der Waals surface area contributed by atoms with Crippen molar-refractivity contribution in [2.75, 3.05) is 5.32 Å². The van der Waals surface area contributed by atoms with E-state index < -0.39 is 6.10 Å². The number of hydrogen-bond donors (Lipinski definition) is 3. The van der Waals surface area contributed by atoms with Crippen molar-refractivity contribution in [3.05, 3.63) is 29.8 Å². The molecule has 2 rings (SSSR count). The normalized spacial score (nSPS) is 24.8. The molecule has 0 saturated heterocycles. The first-order valence-corrected chi connectivity index (χ1v) is 7.43. The van der Waals surface area contributed by atoms with E-state index in [0.29, 0.717) is 5.69 Å². The number of nitrogens with one attached hydrogen (secondary N) is 1. The van der Waals surface area contributed by atoms with Gasteiger partial charge in [-0.3, -0.25) is 4.79 Å². The minimum atomic E-state index is -0.602. The molecule has 3 unspecified atom stereocenters. The average molecular weight is 276 g/mol. The maximum absolute atomic E-state index is 12.4. The number of aliphatic hydroxyl groups excluding tert-OH is 1. The molecular weight excluding hydrogens is 252 g/mol. The van der Waals surface area contributed by atoms with Crippen LogP contribution in [-0.4, -0.2) is 17.1 Å². The van der Waals surface area contributed by atoms with Crippen LogP contribution in [0.15, 0.2) is 24.3 Å². The van der Waals surface area contributed by atoms with E-state index in [0.717, 1.165) is 37.7 Å².